The van der Waals surface area contributed by atoms with Crippen molar-refractivity contribution in [3.8, 4) is 11.5 Å². The molecule has 26 heavy (non-hydrogen) atoms. The molecule has 136 valence electrons. The van der Waals surface area contributed by atoms with Crippen molar-refractivity contribution in [1.82, 2.24) is 4.98 Å². The number of nitrogens with one attached hydrogen (secondary N) is 2. The van der Waals surface area contributed by atoms with Gasteiger partial charge in [-0.3, -0.25) is 4.79 Å². The van der Waals surface area contributed by atoms with Gasteiger partial charge in [0.1, 0.15) is 11.5 Å². The predicted molar refractivity (Wildman–Crippen MR) is 104 cm³/mol. The molecule has 0 fully saturated rings. The van der Waals surface area contributed by atoms with Crippen LogP contribution in [0.5, 0.6) is 11.5 Å². The minimum absolute atomic E-state index is 0.0510. The summed E-state index contributed by atoms with van der Waals surface area (Å²) in [5.74, 6) is 1.31. The molecule has 0 saturated heterocycles. The fourth-order valence-corrected chi connectivity index (χ4v) is 2.94. The van der Waals surface area contributed by atoms with Crippen molar-refractivity contribution in [2.75, 3.05) is 18.5 Å². The van der Waals surface area contributed by atoms with Crippen LogP contribution in [-0.2, 0) is 11.2 Å². The van der Waals surface area contributed by atoms with Gasteiger partial charge in [-0.15, -0.1) is 0 Å². The number of aryl methyl sites for hydroxylation is 1. The lowest BCUT2D eigenvalue weighted by Crippen LogP contribution is -2.13. The Kier molecular flexibility index (Phi) is 5.79. The SMILES string of the molecule is CCOc1ccc(OCC)c(NC(=O)CCc2c[nH]c3ccccc23)c1. The highest BCUT2D eigenvalue weighted by molar-refractivity contribution is 5.93. The molecule has 2 N–H and O–H groups in total. The summed E-state index contributed by atoms with van der Waals surface area (Å²) in [5.41, 5.74) is 2.87. The fourth-order valence-electron chi connectivity index (χ4n) is 2.94. The Bertz CT molecular complexity index is 886. The number of carbonyl (C=O) groups excluding carboxylic acids is 1. The van der Waals surface area contributed by atoms with E-state index in [0.29, 0.717) is 43.2 Å². The molecule has 0 saturated carbocycles. The summed E-state index contributed by atoms with van der Waals surface area (Å²) in [5, 5.41) is 4.11. The third-order valence-corrected chi connectivity index (χ3v) is 4.13. The number of aromatic nitrogens is 1. The predicted octanol–water partition coefficient (Wildman–Crippen LogP) is 4.54. The van der Waals surface area contributed by atoms with E-state index < -0.39 is 0 Å². The normalized spacial score (nSPS) is 10.7. The number of aromatic amines is 1. The molecule has 0 radical (unpaired) electrons. The number of hydrogen-bond acceptors (Lipinski definition) is 3. The monoisotopic (exact) mass is 352 g/mol. The number of rotatable bonds is 8. The van der Waals surface area contributed by atoms with Crippen LogP contribution in [0.4, 0.5) is 5.69 Å². The zero-order valence-corrected chi connectivity index (χ0v) is 15.2. The summed E-state index contributed by atoms with van der Waals surface area (Å²) in [6, 6.07) is 13.6. The number of hydrogen-bond donors (Lipinski definition) is 2. The lowest BCUT2D eigenvalue weighted by Gasteiger charge is -2.13. The molecule has 0 aliphatic heterocycles. The summed E-state index contributed by atoms with van der Waals surface area (Å²) in [6.45, 7) is 4.95. The third kappa shape index (κ3) is 4.17. The molecule has 1 amide bonds. The highest BCUT2D eigenvalue weighted by atomic mass is 16.5. The van der Waals surface area contributed by atoms with Crippen LogP contribution in [-0.4, -0.2) is 24.1 Å². The van der Waals surface area contributed by atoms with Crippen LogP contribution in [0.3, 0.4) is 0 Å². The highest BCUT2D eigenvalue weighted by Gasteiger charge is 2.11. The largest absolute Gasteiger partial charge is 0.494 e. The first kappa shape index (κ1) is 17.9. The van der Waals surface area contributed by atoms with Gasteiger partial charge in [-0.05, 0) is 44.0 Å². The Morgan fingerprint density at radius 3 is 2.69 bits per heavy atom. The number of benzene rings is 2. The minimum atomic E-state index is -0.0510. The molecule has 2 aromatic carbocycles. The van der Waals surface area contributed by atoms with Gasteiger partial charge in [0.05, 0.1) is 18.9 Å². The van der Waals surface area contributed by atoms with Crippen LogP contribution in [0.15, 0.2) is 48.7 Å². The van der Waals surface area contributed by atoms with Gasteiger partial charge in [0.2, 0.25) is 5.91 Å². The summed E-state index contributed by atoms with van der Waals surface area (Å²) in [4.78, 5) is 15.7. The van der Waals surface area contributed by atoms with Crippen molar-refractivity contribution in [3.05, 3.63) is 54.2 Å². The van der Waals surface area contributed by atoms with E-state index in [1.807, 2.05) is 50.4 Å². The van der Waals surface area contributed by atoms with Gasteiger partial charge in [-0.25, -0.2) is 0 Å². The van der Waals surface area contributed by atoms with Crippen LogP contribution < -0.4 is 14.8 Å². The van der Waals surface area contributed by atoms with E-state index in [9.17, 15) is 4.79 Å². The smallest absolute Gasteiger partial charge is 0.224 e. The lowest BCUT2D eigenvalue weighted by molar-refractivity contribution is -0.116. The maximum absolute atomic E-state index is 12.5. The van der Waals surface area contributed by atoms with Gasteiger partial charge in [0, 0.05) is 29.6 Å². The van der Waals surface area contributed by atoms with E-state index in [4.69, 9.17) is 9.47 Å². The number of anilines is 1. The van der Waals surface area contributed by atoms with E-state index in [-0.39, 0.29) is 5.91 Å². The molecule has 5 nitrogen and oxygen atoms in total. The van der Waals surface area contributed by atoms with Gasteiger partial charge < -0.3 is 19.8 Å². The molecule has 0 unspecified atom stereocenters. The summed E-state index contributed by atoms with van der Waals surface area (Å²) < 4.78 is 11.1. The number of fused-ring (bicyclic) bond motifs is 1. The maximum atomic E-state index is 12.5. The van der Waals surface area contributed by atoms with Gasteiger partial charge in [0.15, 0.2) is 0 Å². The first-order valence-electron chi connectivity index (χ1n) is 8.95. The number of amides is 1. The zero-order valence-electron chi connectivity index (χ0n) is 15.2. The molecule has 5 heteroatoms. The quantitative estimate of drug-likeness (QED) is 0.626. The van der Waals surface area contributed by atoms with E-state index in [2.05, 4.69) is 16.4 Å². The Hall–Kier alpha value is -2.95. The summed E-state index contributed by atoms with van der Waals surface area (Å²) in [6.07, 6.45) is 3.04. The van der Waals surface area contributed by atoms with Gasteiger partial charge >= 0.3 is 0 Å². The molecular weight excluding hydrogens is 328 g/mol. The van der Waals surface area contributed by atoms with Crippen molar-refractivity contribution in [2.45, 2.75) is 26.7 Å². The van der Waals surface area contributed by atoms with Gasteiger partial charge in [-0.1, -0.05) is 18.2 Å². The topological polar surface area (TPSA) is 63.4 Å². The molecule has 1 heterocycles. The van der Waals surface area contributed by atoms with Crippen LogP contribution in [0, 0.1) is 0 Å². The molecule has 3 aromatic rings. The Morgan fingerprint density at radius 1 is 1.08 bits per heavy atom. The second kappa shape index (κ2) is 8.43. The summed E-state index contributed by atoms with van der Waals surface area (Å²) >= 11 is 0. The van der Waals surface area contributed by atoms with Crippen LogP contribution >= 0.6 is 0 Å². The molecule has 1 aromatic heterocycles. The van der Waals surface area contributed by atoms with Crippen LogP contribution in [0.2, 0.25) is 0 Å². The minimum Gasteiger partial charge on any atom is -0.494 e. The standard InChI is InChI=1S/C21H24N2O3/c1-3-25-16-10-11-20(26-4-2)19(13-16)23-21(24)12-9-15-14-22-18-8-6-5-7-17(15)18/h5-8,10-11,13-14,22H,3-4,9,12H2,1-2H3,(H,23,24). The lowest BCUT2D eigenvalue weighted by atomic mass is 10.1. The van der Waals surface area contributed by atoms with Crippen LogP contribution in [0.1, 0.15) is 25.8 Å². The Balaban J connectivity index is 1.68. The molecular formula is C21H24N2O3. The second-order valence-electron chi connectivity index (χ2n) is 5.93. The zero-order chi connectivity index (χ0) is 18.4. The van der Waals surface area contributed by atoms with Crippen molar-refractivity contribution in [2.24, 2.45) is 0 Å². The highest BCUT2D eigenvalue weighted by Crippen LogP contribution is 2.30. The Labute approximate surface area is 153 Å². The first-order valence-corrected chi connectivity index (χ1v) is 8.95. The number of H-pyrrole nitrogens is 1. The molecule has 0 spiro atoms. The average Bonchev–Trinajstić information content (AvgIpc) is 3.06. The van der Waals surface area contributed by atoms with Gasteiger partial charge in [-0.2, -0.15) is 0 Å². The molecule has 0 aliphatic rings. The second-order valence-corrected chi connectivity index (χ2v) is 5.93. The number of ether oxygens (including phenoxy) is 2. The molecule has 0 atom stereocenters. The Morgan fingerprint density at radius 2 is 1.88 bits per heavy atom. The van der Waals surface area contributed by atoms with E-state index in [1.165, 1.54) is 0 Å². The summed E-state index contributed by atoms with van der Waals surface area (Å²) in [7, 11) is 0. The van der Waals surface area contributed by atoms with Crippen molar-refractivity contribution >= 4 is 22.5 Å². The maximum Gasteiger partial charge on any atom is 0.224 e. The first-order chi connectivity index (χ1) is 12.7. The van der Waals surface area contributed by atoms with E-state index in [1.54, 1.807) is 6.07 Å². The average molecular weight is 352 g/mol. The molecule has 0 aliphatic carbocycles. The van der Waals surface area contributed by atoms with E-state index in [0.717, 1.165) is 16.5 Å². The third-order valence-electron chi connectivity index (χ3n) is 4.13. The van der Waals surface area contributed by atoms with Crippen molar-refractivity contribution in [3.63, 3.8) is 0 Å². The molecule has 0 bridgehead atoms. The van der Waals surface area contributed by atoms with Crippen molar-refractivity contribution < 1.29 is 14.3 Å². The molecule has 3 rings (SSSR count). The number of para-hydroxylation sites is 1. The van der Waals surface area contributed by atoms with E-state index >= 15 is 0 Å². The van der Waals surface area contributed by atoms with Crippen LogP contribution in [0.25, 0.3) is 10.9 Å². The number of carbonyl (C=O) groups is 1. The fraction of sp³-hybridized carbons (Fsp3) is 0.286. The van der Waals surface area contributed by atoms with Crippen molar-refractivity contribution in [1.29, 1.82) is 0 Å². The van der Waals surface area contributed by atoms with Gasteiger partial charge in [0.25, 0.3) is 0 Å².